The van der Waals surface area contributed by atoms with Crippen LogP contribution in [0.5, 0.6) is 0 Å². The molecule has 130 valence electrons. The Balaban J connectivity index is 1.76. The number of likely N-dealkylation sites (tertiary alicyclic amines) is 1. The van der Waals surface area contributed by atoms with Gasteiger partial charge in [0.15, 0.2) is 0 Å². The average molecular weight is 350 g/mol. The standard InChI is InChI=1S/C17H24ClN5O/c1-21-8-4-5-12(16(21)15-6-7-20-23(15)3)11-22(2)17(24)14-9-13(18)10-19-14/h6-7,9-10,12,16,19H,4-5,8,11H2,1-3H3/t12-,16+/m0/s1. The third-order valence-corrected chi connectivity index (χ3v) is 5.12. The third-order valence-electron chi connectivity index (χ3n) is 4.90. The molecule has 7 heteroatoms. The average Bonchev–Trinajstić information content (AvgIpc) is 3.15. The van der Waals surface area contributed by atoms with Crippen LogP contribution >= 0.6 is 11.6 Å². The Hall–Kier alpha value is -1.79. The maximum atomic E-state index is 12.6. The van der Waals surface area contributed by atoms with E-state index in [-0.39, 0.29) is 11.9 Å². The van der Waals surface area contributed by atoms with Crippen LogP contribution in [0.2, 0.25) is 5.02 Å². The number of piperidine rings is 1. The molecule has 0 saturated carbocycles. The molecule has 0 spiro atoms. The number of carbonyl (C=O) groups is 1. The predicted molar refractivity (Wildman–Crippen MR) is 94.1 cm³/mol. The van der Waals surface area contributed by atoms with E-state index < -0.39 is 0 Å². The van der Waals surface area contributed by atoms with Crippen LogP contribution in [-0.2, 0) is 7.05 Å². The lowest BCUT2D eigenvalue weighted by Crippen LogP contribution is -2.43. The Morgan fingerprint density at radius 3 is 2.92 bits per heavy atom. The summed E-state index contributed by atoms with van der Waals surface area (Å²) in [6, 6.07) is 4.02. The van der Waals surface area contributed by atoms with Crippen molar-refractivity contribution in [1.82, 2.24) is 24.6 Å². The van der Waals surface area contributed by atoms with E-state index in [0.717, 1.165) is 19.4 Å². The molecule has 6 nitrogen and oxygen atoms in total. The zero-order valence-corrected chi connectivity index (χ0v) is 15.1. The maximum absolute atomic E-state index is 12.6. The Bertz CT molecular complexity index is 709. The minimum Gasteiger partial charge on any atom is -0.356 e. The minimum atomic E-state index is -0.0288. The quantitative estimate of drug-likeness (QED) is 0.922. The molecule has 1 saturated heterocycles. The first kappa shape index (κ1) is 17.0. The smallest absolute Gasteiger partial charge is 0.270 e. The molecule has 0 unspecified atom stereocenters. The van der Waals surface area contributed by atoms with Gasteiger partial charge in [-0.3, -0.25) is 14.4 Å². The summed E-state index contributed by atoms with van der Waals surface area (Å²) in [4.78, 5) is 19.7. The monoisotopic (exact) mass is 349 g/mol. The van der Waals surface area contributed by atoms with Gasteiger partial charge in [0.05, 0.1) is 16.8 Å². The number of nitrogens with zero attached hydrogens (tertiary/aromatic N) is 4. The van der Waals surface area contributed by atoms with Crippen LogP contribution < -0.4 is 0 Å². The highest BCUT2D eigenvalue weighted by molar-refractivity contribution is 6.30. The van der Waals surface area contributed by atoms with Crippen molar-refractivity contribution in [2.45, 2.75) is 18.9 Å². The molecular weight excluding hydrogens is 326 g/mol. The first-order valence-electron chi connectivity index (χ1n) is 8.25. The van der Waals surface area contributed by atoms with Crippen LogP contribution in [0.15, 0.2) is 24.5 Å². The van der Waals surface area contributed by atoms with E-state index >= 15 is 0 Å². The molecule has 2 aromatic rings. The number of hydrogen-bond acceptors (Lipinski definition) is 3. The molecular formula is C17H24ClN5O. The second-order valence-corrected chi connectivity index (χ2v) is 7.06. The van der Waals surface area contributed by atoms with Gasteiger partial charge in [0, 0.05) is 33.0 Å². The Kier molecular flexibility index (Phi) is 4.96. The molecule has 1 fully saturated rings. The van der Waals surface area contributed by atoms with Gasteiger partial charge in [-0.1, -0.05) is 11.6 Å². The fraction of sp³-hybridized carbons (Fsp3) is 0.529. The van der Waals surface area contributed by atoms with Crippen LogP contribution in [0.3, 0.4) is 0 Å². The van der Waals surface area contributed by atoms with Crippen LogP contribution in [0.4, 0.5) is 0 Å². The number of aryl methyl sites for hydroxylation is 1. The first-order chi connectivity index (χ1) is 11.5. The van der Waals surface area contributed by atoms with Crippen molar-refractivity contribution >= 4 is 17.5 Å². The van der Waals surface area contributed by atoms with E-state index in [2.05, 4.69) is 28.1 Å². The molecule has 0 aromatic carbocycles. The summed E-state index contributed by atoms with van der Waals surface area (Å²) in [6.07, 6.45) is 5.72. The van der Waals surface area contributed by atoms with Gasteiger partial charge in [0.1, 0.15) is 5.69 Å². The lowest BCUT2D eigenvalue weighted by molar-refractivity contribution is 0.0626. The second kappa shape index (κ2) is 6.99. The van der Waals surface area contributed by atoms with Crippen molar-refractivity contribution in [3.63, 3.8) is 0 Å². The Morgan fingerprint density at radius 1 is 1.50 bits per heavy atom. The predicted octanol–water partition coefficient (Wildman–Crippen LogP) is 2.56. The molecule has 1 amide bonds. The zero-order valence-electron chi connectivity index (χ0n) is 14.4. The number of halogens is 1. The molecule has 2 aromatic heterocycles. The number of aromatic nitrogens is 3. The van der Waals surface area contributed by atoms with Gasteiger partial charge < -0.3 is 9.88 Å². The normalized spacial score (nSPS) is 21.8. The summed E-state index contributed by atoms with van der Waals surface area (Å²) < 4.78 is 1.94. The number of H-pyrrole nitrogens is 1. The molecule has 24 heavy (non-hydrogen) atoms. The van der Waals surface area contributed by atoms with Crippen molar-refractivity contribution in [3.8, 4) is 0 Å². The van der Waals surface area contributed by atoms with Crippen molar-refractivity contribution < 1.29 is 4.79 Å². The summed E-state index contributed by atoms with van der Waals surface area (Å²) in [7, 11) is 5.98. The molecule has 0 aliphatic carbocycles. The second-order valence-electron chi connectivity index (χ2n) is 6.62. The summed E-state index contributed by atoms with van der Waals surface area (Å²) in [5, 5.41) is 4.87. The number of amides is 1. The van der Waals surface area contributed by atoms with Gasteiger partial charge in [0.2, 0.25) is 0 Å². The van der Waals surface area contributed by atoms with Gasteiger partial charge >= 0.3 is 0 Å². The van der Waals surface area contributed by atoms with Crippen LogP contribution in [-0.4, -0.2) is 57.7 Å². The highest BCUT2D eigenvalue weighted by Crippen LogP contribution is 2.35. The number of nitrogens with one attached hydrogen (secondary N) is 1. The van der Waals surface area contributed by atoms with Crippen molar-refractivity contribution in [2.75, 3.05) is 27.2 Å². The molecule has 1 N–H and O–H groups in total. The van der Waals surface area contributed by atoms with E-state index in [1.165, 1.54) is 5.69 Å². The summed E-state index contributed by atoms with van der Waals surface area (Å²) in [6.45, 7) is 1.77. The van der Waals surface area contributed by atoms with E-state index in [1.807, 2.05) is 25.0 Å². The van der Waals surface area contributed by atoms with E-state index in [4.69, 9.17) is 11.6 Å². The molecule has 3 heterocycles. The molecule has 0 bridgehead atoms. The van der Waals surface area contributed by atoms with E-state index in [0.29, 0.717) is 23.2 Å². The largest absolute Gasteiger partial charge is 0.356 e. The van der Waals surface area contributed by atoms with Gasteiger partial charge in [-0.25, -0.2) is 0 Å². The molecule has 2 atom stereocenters. The SMILES string of the molecule is CN(C[C@@H]1CCCN(C)[C@H]1c1ccnn1C)C(=O)c1cc(Cl)c[nH]1. The number of rotatable bonds is 4. The summed E-state index contributed by atoms with van der Waals surface area (Å²) in [5.74, 6) is 0.345. The number of carbonyl (C=O) groups excluding carboxylic acids is 1. The van der Waals surface area contributed by atoms with Crippen molar-refractivity contribution in [1.29, 1.82) is 0 Å². The molecule has 1 aliphatic heterocycles. The van der Waals surface area contributed by atoms with Crippen molar-refractivity contribution in [2.24, 2.45) is 13.0 Å². The number of aromatic amines is 1. The van der Waals surface area contributed by atoms with E-state index in [1.54, 1.807) is 17.2 Å². The maximum Gasteiger partial charge on any atom is 0.270 e. The minimum absolute atomic E-state index is 0.0288. The summed E-state index contributed by atoms with van der Waals surface area (Å²) >= 11 is 5.91. The van der Waals surface area contributed by atoms with Crippen LogP contribution in [0.25, 0.3) is 0 Å². The topological polar surface area (TPSA) is 57.2 Å². The van der Waals surface area contributed by atoms with E-state index in [9.17, 15) is 4.79 Å². The molecule has 1 aliphatic rings. The van der Waals surface area contributed by atoms with Gasteiger partial charge in [-0.05, 0) is 44.5 Å². The van der Waals surface area contributed by atoms with Crippen molar-refractivity contribution in [3.05, 3.63) is 40.9 Å². The lowest BCUT2D eigenvalue weighted by Gasteiger charge is -2.40. The lowest BCUT2D eigenvalue weighted by atomic mass is 9.87. The third kappa shape index (κ3) is 3.35. The Labute approximate surface area is 147 Å². The fourth-order valence-corrected chi connectivity index (χ4v) is 3.89. The Morgan fingerprint density at radius 2 is 2.29 bits per heavy atom. The summed E-state index contributed by atoms with van der Waals surface area (Å²) in [5.41, 5.74) is 1.73. The van der Waals surface area contributed by atoms with Gasteiger partial charge in [-0.2, -0.15) is 5.10 Å². The van der Waals surface area contributed by atoms with Crippen LogP contribution in [0, 0.1) is 5.92 Å². The number of hydrogen-bond donors (Lipinski definition) is 1. The first-order valence-corrected chi connectivity index (χ1v) is 8.62. The molecule has 0 radical (unpaired) electrons. The van der Waals surface area contributed by atoms with Gasteiger partial charge in [-0.15, -0.1) is 0 Å². The fourth-order valence-electron chi connectivity index (χ4n) is 3.72. The van der Waals surface area contributed by atoms with Gasteiger partial charge in [0.25, 0.3) is 5.91 Å². The zero-order chi connectivity index (χ0) is 17.3. The molecule has 3 rings (SSSR count). The highest BCUT2D eigenvalue weighted by atomic mass is 35.5. The van der Waals surface area contributed by atoms with Crippen LogP contribution in [0.1, 0.15) is 35.1 Å². The highest BCUT2D eigenvalue weighted by Gasteiger charge is 2.33.